The summed E-state index contributed by atoms with van der Waals surface area (Å²) in [6, 6.07) is -2.83. The summed E-state index contributed by atoms with van der Waals surface area (Å²) in [4.78, 5) is 88.8. The number of carbonyl (C=O) groups excluding carboxylic acids is 3. The van der Waals surface area contributed by atoms with Crippen LogP contribution in [0.5, 0.6) is 0 Å². The first-order chi connectivity index (χ1) is 34.9. The van der Waals surface area contributed by atoms with E-state index in [0.717, 1.165) is 17.2 Å². The van der Waals surface area contributed by atoms with Crippen LogP contribution in [0, 0.1) is 5.41 Å². The number of hydrogen-bond donors (Lipinski definition) is 17. The first-order valence-corrected chi connectivity index (χ1v) is 28.6. The van der Waals surface area contributed by atoms with E-state index in [9.17, 15) is 78.3 Å². The van der Waals surface area contributed by atoms with Crippen molar-refractivity contribution < 1.29 is 110 Å². The molecule has 2 aromatic rings. The molecule has 34 nitrogen and oxygen atoms in total. The summed E-state index contributed by atoms with van der Waals surface area (Å²) in [5.74, 6) is -0.939. The Morgan fingerprint density at radius 3 is 2.20 bits per heavy atom. The standard InChI is InChI=1S/C37H66N11O23P3S/c1-37(2,13-66-74(63,64)71-73(61,62)65-12-19-30(70-72(58,59)60)28(55)35(67-19)48-15-47-23-32(41)45-14-46-33(23)48)31(56)34(57)43-6-5-21(50)42-7-9-75-8-3-4-20(49)44-11-18-25(52)26(53)22(40)36(68-18)69-29-17(39)10-16(38)24(51)27(29)54/h14-19,22,24-31,35-36,51-56H,3-13,38-40H2,1-2H3,(H,42,50)(H,43,57)(H,44,49)(H,61,62)(H,63,64)(H2,41,45,46)(H2,58,59,60)/t16-,17+,18-,19-,22-,24+,25-,26-,27-,28-,29-,30-,31+,35-,36-/m1/s1. The molecular formula is C37H66N11O23P3S. The zero-order valence-corrected chi connectivity index (χ0v) is 43.7. The number of ether oxygens (including phenoxy) is 3. The van der Waals surface area contributed by atoms with E-state index in [1.807, 2.05) is 0 Å². The minimum atomic E-state index is -5.62. The van der Waals surface area contributed by atoms with Crippen molar-refractivity contribution in [1.29, 1.82) is 0 Å². The number of carbonyl (C=O) groups is 3. The second-order valence-corrected chi connectivity index (χ2v) is 23.8. The zero-order chi connectivity index (χ0) is 55.8. The van der Waals surface area contributed by atoms with Crippen molar-refractivity contribution in [1.82, 2.24) is 35.5 Å². The second kappa shape index (κ2) is 26.8. The number of phosphoric acid groups is 3. The van der Waals surface area contributed by atoms with E-state index >= 15 is 0 Å². The molecule has 21 N–H and O–H groups in total. The van der Waals surface area contributed by atoms with Gasteiger partial charge >= 0.3 is 23.5 Å². The number of fused-ring (bicyclic) bond motifs is 1. The zero-order valence-electron chi connectivity index (χ0n) is 40.2. The van der Waals surface area contributed by atoms with Crippen molar-refractivity contribution in [2.24, 2.45) is 22.6 Å². The highest BCUT2D eigenvalue weighted by Crippen LogP contribution is 2.61. The van der Waals surface area contributed by atoms with Gasteiger partial charge in [0.2, 0.25) is 17.7 Å². The summed E-state index contributed by atoms with van der Waals surface area (Å²) in [5, 5.41) is 70.9. The highest BCUT2D eigenvalue weighted by Gasteiger charge is 2.51. The number of phosphoric ester groups is 3. The number of aromatic nitrogens is 4. The molecule has 2 unspecified atom stereocenters. The molecule has 2 aliphatic heterocycles. The van der Waals surface area contributed by atoms with Crippen LogP contribution < -0.4 is 38.9 Å². The number of aliphatic hydroxyl groups excluding tert-OH is 6. The van der Waals surface area contributed by atoms with Gasteiger partial charge in [-0.3, -0.25) is 32.5 Å². The van der Waals surface area contributed by atoms with Gasteiger partial charge in [-0.25, -0.2) is 28.6 Å². The molecule has 428 valence electrons. The monoisotopic (exact) mass is 1160 g/mol. The largest absolute Gasteiger partial charge is 0.481 e. The number of nitrogen functional groups attached to an aromatic ring is 1. The van der Waals surface area contributed by atoms with Gasteiger partial charge in [0.1, 0.15) is 66.8 Å². The number of nitrogens with zero attached hydrogens (tertiary/aromatic N) is 4. The van der Waals surface area contributed by atoms with Crippen LogP contribution in [0.2, 0.25) is 0 Å². The molecule has 2 saturated heterocycles. The van der Waals surface area contributed by atoms with Crippen molar-refractivity contribution in [3.05, 3.63) is 12.7 Å². The number of rotatable bonds is 27. The van der Waals surface area contributed by atoms with Gasteiger partial charge < -0.3 is 103 Å². The van der Waals surface area contributed by atoms with E-state index in [-0.39, 0.29) is 61.8 Å². The highest BCUT2D eigenvalue weighted by atomic mass is 32.2. The van der Waals surface area contributed by atoms with Gasteiger partial charge in [0.15, 0.2) is 24.0 Å². The Kier molecular flexibility index (Phi) is 22.4. The average Bonchev–Trinajstić information content (AvgIpc) is 3.89. The number of amides is 3. The quantitative estimate of drug-likeness (QED) is 0.0292. The van der Waals surface area contributed by atoms with E-state index in [1.165, 1.54) is 25.6 Å². The van der Waals surface area contributed by atoms with Crippen LogP contribution in [0.4, 0.5) is 5.82 Å². The maximum Gasteiger partial charge on any atom is 0.481 e. The van der Waals surface area contributed by atoms with E-state index in [0.29, 0.717) is 17.9 Å². The van der Waals surface area contributed by atoms with E-state index in [1.54, 1.807) is 0 Å². The van der Waals surface area contributed by atoms with Gasteiger partial charge in [-0.1, -0.05) is 13.8 Å². The molecule has 3 aliphatic rings. The van der Waals surface area contributed by atoms with Gasteiger partial charge in [0.25, 0.3) is 0 Å². The average molecular weight is 1160 g/mol. The molecule has 3 fully saturated rings. The summed E-state index contributed by atoms with van der Waals surface area (Å²) in [6.45, 7) is 0.143. The maximum atomic E-state index is 12.8. The topological polar surface area (TPSA) is 553 Å². The SMILES string of the molecule is CC(C)(COP(=O)(O)OP(=O)(O)OC[C@H]1O[C@@H](n2cnc3c(N)ncnc32)[C@H](O)[C@@H]1OP(=O)(O)O)[C@@H](O)C(=O)NCCC(=O)NCCSCCCC(=O)NC[C@H]1O[C@H](O[C@H]2[C@H](O)[C@@H](O)[C@H](N)C[C@@H]2N)[C@H](N)[C@@H](O)[C@@H]1O. The Morgan fingerprint density at radius 2 is 1.51 bits per heavy atom. The second-order valence-electron chi connectivity index (χ2n) is 18.3. The number of aliphatic hydroxyl groups is 6. The smallest absolute Gasteiger partial charge is 0.389 e. The molecule has 38 heteroatoms. The predicted molar refractivity (Wildman–Crippen MR) is 255 cm³/mol. The van der Waals surface area contributed by atoms with Crippen molar-refractivity contribution in [3.8, 4) is 0 Å². The number of anilines is 1. The number of hydrogen-bond acceptors (Lipinski definition) is 27. The number of imidazole rings is 1. The Balaban J connectivity index is 0.945. The van der Waals surface area contributed by atoms with Crippen molar-refractivity contribution in [2.45, 2.75) is 131 Å². The van der Waals surface area contributed by atoms with Gasteiger partial charge in [0.05, 0.1) is 31.7 Å². The van der Waals surface area contributed by atoms with Crippen LogP contribution in [0.3, 0.4) is 0 Å². The number of nitrogens with one attached hydrogen (secondary N) is 3. The molecule has 17 atom stereocenters. The lowest BCUT2D eigenvalue weighted by molar-refractivity contribution is -0.288. The molecule has 0 aromatic carbocycles. The Morgan fingerprint density at radius 1 is 0.827 bits per heavy atom. The first-order valence-electron chi connectivity index (χ1n) is 22.9. The summed E-state index contributed by atoms with van der Waals surface area (Å²) in [6.07, 6.45) is -16.0. The van der Waals surface area contributed by atoms with Crippen LogP contribution in [0.15, 0.2) is 12.7 Å². The Bertz CT molecular complexity index is 2400. The van der Waals surface area contributed by atoms with Crippen LogP contribution in [0.1, 0.15) is 45.8 Å². The molecule has 3 amide bonds. The fourth-order valence-electron chi connectivity index (χ4n) is 7.81. The van der Waals surface area contributed by atoms with Crippen LogP contribution in [0.25, 0.3) is 11.2 Å². The molecule has 2 aromatic heterocycles. The minimum Gasteiger partial charge on any atom is -0.389 e. The summed E-state index contributed by atoms with van der Waals surface area (Å²) >= 11 is 1.43. The highest BCUT2D eigenvalue weighted by molar-refractivity contribution is 7.99. The normalized spacial score (nSPS) is 31.6. The van der Waals surface area contributed by atoms with E-state index in [4.69, 9.17) is 46.2 Å². The summed E-state index contributed by atoms with van der Waals surface area (Å²) < 4.78 is 73.9. The fourth-order valence-corrected chi connectivity index (χ4v) is 11.4. The molecule has 0 spiro atoms. The third kappa shape index (κ3) is 17.5. The van der Waals surface area contributed by atoms with Crippen LogP contribution >= 0.6 is 35.2 Å². The maximum absolute atomic E-state index is 12.8. The Hall–Kier alpha value is -3.00. The van der Waals surface area contributed by atoms with Crippen LogP contribution in [-0.2, 0) is 60.2 Å². The molecule has 0 radical (unpaired) electrons. The molecule has 5 rings (SSSR count). The number of nitrogens with two attached hydrogens (primary N) is 4. The van der Waals surface area contributed by atoms with E-state index in [2.05, 4.69) is 39.7 Å². The minimum absolute atomic E-state index is 0.0126. The van der Waals surface area contributed by atoms with Gasteiger partial charge in [-0.15, -0.1) is 0 Å². The summed E-state index contributed by atoms with van der Waals surface area (Å²) in [5.41, 5.74) is 22.1. The van der Waals surface area contributed by atoms with Crippen LogP contribution in [-0.4, -0.2) is 217 Å². The predicted octanol–water partition coefficient (Wildman–Crippen LogP) is -6.03. The first kappa shape index (κ1) is 62.8. The van der Waals surface area contributed by atoms with Gasteiger partial charge in [0, 0.05) is 55.7 Å². The lowest BCUT2D eigenvalue weighted by Crippen LogP contribution is -2.67. The summed E-state index contributed by atoms with van der Waals surface area (Å²) in [7, 11) is -16.5. The third-order valence-corrected chi connectivity index (χ3v) is 16.1. The number of thioether (sulfide) groups is 1. The molecule has 1 saturated carbocycles. The Labute approximate surface area is 431 Å². The van der Waals surface area contributed by atoms with Gasteiger partial charge in [-0.05, 0) is 18.6 Å². The van der Waals surface area contributed by atoms with Gasteiger partial charge in [-0.2, -0.15) is 16.1 Å². The molecule has 75 heavy (non-hydrogen) atoms. The van der Waals surface area contributed by atoms with E-state index < -0.39 is 146 Å². The fraction of sp³-hybridized carbons (Fsp3) is 0.784. The lowest BCUT2D eigenvalue weighted by Gasteiger charge is -2.45. The molecule has 0 bridgehead atoms. The van der Waals surface area contributed by atoms with Crippen molar-refractivity contribution in [2.75, 3.05) is 50.1 Å². The molecular weight excluding hydrogens is 1090 g/mol. The lowest BCUT2D eigenvalue weighted by atomic mass is 9.84. The van der Waals surface area contributed by atoms with Crippen molar-refractivity contribution in [3.63, 3.8) is 0 Å². The molecule has 4 heterocycles. The third-order valence-electron chi connectivity index (χ3n) is 12.0. The molecule has 1 aliphatic carbocycles. The van der Waals surface area contributed by atoms with Crippen molar-refractivity contribution >= 4 is 69.9 Å².